The number of nitrogens with zero attached hydrogens (tertiary/aromatic N) is 1. The highest BCUT2D eigenvalue weighted by atomic mass is 32.2. The van der Waals surface area contributed by atoms with Crippen LogP contribution in [0.2, 0.25) is 0 Å². The second kappa shape index (κ2) is 5.53. The third kappa shape index (κ3) is 3.00. The lowest BCUT2D eigenvalue weighted by Gasteiger charge is -2.20. The maximum atomic E-state index is 11.6. The highest BCUT2D eigenvalue weighted by Gasteiger charge is 2.36. The molecule has 2 rings (SSSR count). The van der Waals surface area contributed by atoms with Crippen molar-refractivity contribution in [2.45, 2.75) is 23.4 Å². The zero-order chi connectivity index (χ0) is 12.3. The molecule has 5 heteroatoms. The van der Waals surface area contributed by atoms with E-state index in [0.717, 1.165) is 4.90 Å². The molecule has 4 nitrogen and oxygen atoms in total. The quantitative estimate of drug-likeness (QED) is 0.648. The molecule has 1 saturated heterocycles. The predicted molar refractivity (Wildman–Crippen MR) is 67.4 cm³/mol. The number of hydrogen-bond donors (Lipinski definition) is 1. The third-order valence-electron chi connectivity index (χ3n) is 2.73. The summed E-state index contributed by atoms with van der Waals surface area (Å²) in [5, 5.41) is 0. The Morgan fingerprint density at radius 2 is 2.18 bits per heavy atom. The van der Waals surface area contributed by atoms with E-state index in [0.29, 0.717) is 13.0 Å². The van der Waals surface area contributed by atoms with Crippen LogP contribution in [-0.2, 0) is 9.53 Å². The molecule has 17 heavy (non-hydrogen) atoms. The average molecular weight is 252 g/mol. The summed E-state index contributed by atoms with van der Waals surface area (Å²) in [5.74, 6) is -0.207. The topological polar surface area (TPSA) is 55.6 Å². The van der Waals surface area contributed by atoms with E-state index in [1.165, 1.54) is 7.11 Å². The van der Waals surface area contributed by atoms with Gasteiger partial charge in [-0.2, -0.15) is 0 Å². The van der Waals surface area contributed by atoms with Gasteiger partial charge in [0.25, 0.3) is 0 Å². The van der Waals surface area contributed by atoms with Gasteiger partial charge in [-0.05, 0) is 30.5 Å². The Kier molecular flexibility index (Phi) is 4.04. The van der Waals surface area contributed by atoms with Crippen molar-refractivity contribution in [3.8, 4) is 0 Å². The zero-order valence-electron chi connectivity index (χ0n) is 9.70. The Balaban J connectivity index is 2.06. The minimum Gasteiger partial charge on any atom is -0.468 e. The minimum absolute atomic E-state index is 0.0373. The fraction of sp³-hybridized carbons (Fsp3) is 0.417. The smallest absolute Gasteiger partial charge is 0.324 e. The molecule has 0 saturated carbocycles. The first-order valence-electron chi connectivity index (χ1n) is 5.54. The molecular formula is C12H16N2O2S. The van der Waals surface area contributed by atoms with Gasteiger partial charge >= 0.3 is 5.97 Å². The van der Waals surface area contributed by atoms with Crippen molar-refractivity contribution in [2.24, 2.45) is 5.73 Å². The Morgan fingerprint density at radius 1 is 1.47 bits per heavy atom. The molecular weight excluding hydrogens is 236 g/mol. The Labute approximate surface area is 105 Å². The van der Waals surface area contributed by atoms with Crippen LogP contribution in [0.4, 0.5) is 0 Å². The van der Waals surface area contributed by atoms with Gasteiger partial charge in [0.2, 0.25) is 0 Å². The van der Waals surface area contributed by atoms with E-state index >= 15 is 0 Å². The van der Waals surface area contributed by atoms with Crippen molar-refractivity contribution < 1.29 is 9.53 Å². The van der Waals surface area contributed by atoms with Gasteiger partial charge in [-0.15, -0.1) is 0 Å². The summed E-state index contributed by atoms with van der Waals surface area (Å²) in [6.07, 6.45) is 0.659. The highest BCUT2D eigenvalue weighted by Crippen LogP contribution is 2.30. The number of carbonyl (C=O) groups excluding carboxylic acids is 1. The first-order valence-corrected chi connectivity index (χ1v) is 6.31. The van der Waals surface area contributed by atoms with Gasteiger partial charge in [-0.25, -0.2) is 4.31 Å². The van der Waals surface area contributed by atoms with Crippen LogP contribution in [0.25, 0.3) is 0 Å². The van der Waals surface area contributed by atoms with E-state index in [2.05, 4.69) is 0 Å². The summed E-state index contributed by atoms with van der Waals surface area (Å²) >= 11 is 1.56. The Bertz CT molecular complexity index is 385. The second-order valence-corrected chi connectivity index (χ2v) is 5.16. The zero-order valence-corrected chi connectivity index (χ0v) is 10.5. The second-order valence-electron chi connectivity index (χ2n) is 4.04. The number of carbonyl (C=O) groups is 1. The molecule has 1 aliphatic rings. The normalized spacial score (nSPS) is 24.8. The monoisotopic (exact) mass is 252 g/mol. The number of rotatable bonds is 3. The summed E-state index contributed by atoms with van der Waals surface area (Å²) in [7, 11) is 1.41. The van der Waals surface area contributed by atoms with Crippen LogP contribution < -0.4 is 5.73 Å². The lowest BCUT2D eigenvalue weighted by molar-refractivity contribution is -0.144. The summed E-state index contributed by atoms with van der Waals surface area (Å²) in [5.41, 5.74) is 5.90. The molecule has 0 amide bonds. The summed E-state index contributed by atoms with van der Waals surface area (Å²) in [4.78, 5) is 12.7. The Morgan fingerprint density at radius 3 is 2.82 bits per heavy atom. The van der Waals surface area contributed by atoms with E-state index in [4.69, 9.17) is 10.5 Å². The number of ether oxygens (including phenoxy) is 1. The molecule has 1 fully saturated rings. The summed E-state index contributed by atoms with van der Waals surface area (Å²) < 4.78 is 6.81. The van der Waals surface area contributed by atoms with Crippen LogP contribution >= 0.6 is 11.9 Å². The van der Waals surface area contributed by atoms with Gasteiger partial charge in [0.05, 0.1) is 7.11 Å². The van der Waals surface area contributed by atoms with E-state index in [-0.39, 0.29) is 18.1 Å². The van der Waals surface area contributed by atoms with E-state index in [1.807, 2.05) is 34.6 Å². The number of benzene rings is 1. The largest absolute Gasteiger partial charge is 0.468 e. The molecule has 2 N–H and O–H groups in total. The van der Waals surface area contributed by atoms with Crippen molar-refractivity contribution in [3.05, 3.63) is 30.3 Å². The van der Waals surface area contributed by atoms with Gasteiger partial charge in [-0.3, -0.25) is 4.79 Å². The van der Waals surface area contributed by atoms with E-state index in [9.17, 15) is 4.79 Å². The van der Waals surface area contributed by atoms with Gasteiger partial charge in [0, 0.05) is 17.5 Å². The lowest BCUT2D eigenvalue weighted by Crippen LogP contribution is -2.31. The van der Waals surface area contributed by atoms with Crippen LogP contribution in [0.5, 0.6) is 0 Å². The number of nitrogens with two attached hydrogens (primary N) is 1. The molecule has 0 aromatic heterocycles. The predicted octanol–water partition coefficient (Wildman–Crippen LogP) is 1.27. The van der Waals surface area contributed by atoms with Crippen LogP contribution in [0.15, 0.2) is 35.2 Å². The maximum Gasteiger partial charge on any atom is 0.324 e. The minimum atomic E-state index is -0.236. The molecule has 1 heterocycles. The van der Waals surface area contributed by atoms with Gasteiger partial charge in [-0.1, -0.05) is 18.2 Å². The lowest BCUT2D eigenvalue weighted by atomic mass is 10.2. The van der Waals surface area contributed by atoms with Crippen LogP contribution in [0.3, 0.4) is 0 Å². The summed E-state index contributed by atoms with van der Waals surface area (Å²) in [6, 6.07) is 9.76. The third-order valence-corrected chi connectivity index (χ3v) is 3.85. The summed E-state index contributed by atoms with van der Waals surface area (Å²) in [6.45, 7) is 0.708. The average Bonchev–Trinajstić information content (AvgIpc) is 2.70. The fourth-order valence-electron chi connectivity index (χ4n) is 1.90. The van der Waals surface area contributed by atoms with Crippen molar-refractivity contribution in [3.63, 3.8) is 0 Å². The van der Waals surface area contributed by atoms with E-state index in [1.54, 1.807) is 11.9 Å². The standard InChI is InChI=1S/C12H16N2O2S/c1-16-12(15)11-7-9(13)8-14(11)17-10-5-3-2-4-6-10/h2-6,9,11H,7-8,13H2,1H3/t9-,11+/m1/s1. The number of esters is 1. The number of hydrogen-bond acceptors (Lipinski definition) is 5. The molecule has 92 valence electrons. The molecule has 1 aromatic rings. The molecule has 0 bridgehead atoms. The SMILES string of the molecule is COC(=O)[C@@H]1C[C@@H](N)CN1Sc1ccccc1. The van der Waals surface area contributed by atoms with Crippen molar-refractivity contribution >= 4 is 17.9 Å². The van der Waals surface area contributed by atoms with Crippen molar-refractivity contribution in [2.75, 3.05) is 13.7 Å². The highest BCUT2D eigenvalue weighted by molar-refractivity contribution is 7.97. The van der Waals surface area contributed by atoms with Crippen LogP contribution in [0.1, 0.15) is 6.42 Å². The van der Waals surface area contributed by atoms with Crippen LogP contribution in [-0.4, -0.2) is 36.0 Å². The van der Waals surface area contributed by atoms with Gasteiger partial charge in [0.1, 0.15) is 6.04 Å². The van der Waals surface area contributed by atoms with Gasteiger partial charge < -0.3 is 10.5 Å². The van der Waals surface area contributed by atoms with Crippen molar-refractivity contribution in [1.29, 1.82) is 0 Å². The Hall–Kier alpha value is -1.04. The molecule has 0 unspecified atom stereocenters. The molecule has 0 aliphatic carbocycles. The van der Waals surface area contributed by atoms with Gasteiger partial charge in [0.15, 0.2) is 0 Å². The van der Waals surface area contributed by atoms with E-state index < -0.39 is 0 Å². The molecule has 0 radical (unpaired) electrons. The molecule has 1 aromatic carbocycles. The maximum absolute atomic E-state index is 11.6. The molecule has 0 spiro atoms. The fourth-order valence-corrected chi connectivity index (χ4v) is 3.02. The first kappa shape index (κ1) is 12.4. The van der Waals surface area contributed by atoms with Crippen LogP contribution in [0, 0.1) is 0 Å². The number of methoxy groups -OCH3 is 1. The molecule has 1 aliphatic heterocycles. The van der Waals surface area contributed by atoms with Crippen molar-refractivity contribution in [1.82, 2.24) is 4.31 Å². The first-order chi connectivity index (χ1) is 8.20. The molecule has 2 atom stereocenters.